The molecule has 5 heteroatoms. The van der Waals surface area contributed by atoms with Gasteiger partial charge in [0.2, 0.25) is 10.0 Å². The Kier molecular flexibility index (Phi) is 5.96. The van der Waals surface area contributed by atoms with Crippen molar-refractivity contribution < 1.29 is 8.42 Å². The molecule has 0 aromatic carbocycles. The molecule has 3 nitrogen and oxygen atoms in total. The molecule has 0 rings (SSSR count). The Hall–Kier alpha value is 0.260. The van der Waals surface area contributed by atoms with Gasteiger partial charge in [-0.25, -0.2) is 13.1 Å². The molecule has 0 radical (unpaired) electrons. The van der Waals surface area contributed by atoms with Gasteiger partial charge in [0.1, 0.15) is 0 Å². The van der Waals surface area contributed by atoms with Crippen LogP contribution >= 0.6 is 11.8 Å². The zero-order valence-corrected chi connectivity index (χ0v) is 9.46. The monoisotopic (exact) mass is 211 g/mol. The fourth-order valence-corrected chi connectivity index (χ4v) is 2.23. The van der Waals surface area contributed by atoms with E-state index in [4.69, 9.17) is 0 Å². The highest BCUT2D eigenvalue weighted by molar-refractivity contribution is 7.98. The van der Waals surface area contributed by atoms with Gasteiger partial charge in [0.15, 0.2) is 0 Å². The minimum Gasteiger partial charge on any atom is -0.212 e. The number of nitrogens with one attached hydrogen (secondary N) is 1. The van der Waals surface area contributed by atoms with Gasteiger partial charge in [-0.2, -0.15) is 11.8 Å². The molecular weight excluding hydrogens is 194 g/mol. The second kappa shape index (κ2) is 5.83. The van der Waals surface area contributed by atoms with Gasteiger partial charge in [0.25, 0.3) is 0 Å². The standard InChI is InChI=1S/C7H17NO2S2/c1-4-12(9,10)8-7(2)5-6-11-3/h7-8H,4-6H2,1-3H3. The van der Waals surface area contributed by atoms with Gasteiger partial charge in [0, 0.05) is 6.04 Å². The first-order valence-corrected chi connectivity index (χ1v) is 7.05. The zero-order chi connectivity index (χ0) is 9.61. The Morgan fingerprint density at radius 3 is 2.50 bits per heavy atom. The van der Waals surface area contributed by atoms with E-state index >= 15 is 0 Å². The largest absolute Gasteiger partial charge is 0.212 e. The lowest BCUT2D eigenvalue weighted by Crippen LogP contribution is -2.34. The van der Waals surface area contributed by atoms with Crippen LogP contribution in [0.5, 0.6) is 0 Å². The van der Waals surface area contributed by atoms with Crippen LogP contribution in [-0.2, 0) is 10.0 Å². The summed E-state index contributed by atoms with van der Waals surface area (Å²) in [5.41, 5.74) is 0. The molecule has 1 N–H and O–H groups in total. The summed E-state index contributed by atoms with van der Waals surface area (Å²) in [4.78, 5) is 0. The molecular formula is C7H17NO2S2. The average Bonchev–Trinajstić information content (AvgIpc) is 2.00. The molecule has 0 amide bonds. The normalized spacial score (nSPS) is 14.6. The fraction of sp³-hybridized carbons (Fsp3) is 1.00. The number of thioether (sulfide) groups is 1. The second-order valence-corrected chi connectivity index (χ2v) is 5.73. The average molecular weight is 211 g/mol. The first-order chi connectivity index (χ1) is 5.52. The van der Waals surface area contributed by atoms with E-state index in [9.17, 15) is 8.42 Å². The summed E-state index contributed by atoms with van der Waals surface area (Å²) < 4.78 is 24.7. The summed E-state index contributed by atoms with van der Waals surface area (Å²) in [6.07, 6.45) is 2.90. The van der Waals surface area contributed by atoms with Crippen LogP contribution in [0.1, 0.15) is 20.3 Å². The van der Waals surface area contributed by atoms with Crippen LogP contribution in [0.15, 0.2) is 0 Å². The first-order valence-electron chi connectivity index (χ1n) is 4.00. The summed E-state index contributed by atoms with van der Waals surface area (Å²) in [6, 6.07) is 0.0578. The molecule has 0 aliphatic rings. The van der Waals surface area contributed by atoms with E-state index in [0.717, 1.165) is 12.2 Å². The number of hydrogen-bond acceptors (Lipinski definition) is 3. The summed E-state index contributed by atoms with van der Waals surface area (Å²) >= 11 is 1.73. The van der Waals surface area contributed by atoms with E-state index in [1.54, 1.807) is 18.7 Å². The summed E-state index contributed by atoms with van der Waals surface area (Å²) in [5, 5.41) is 0. The molecule has 74 valence electrons. The SMILES string of the molecule is CCS(=O)(=O)NC(C)CCSC. The van der Waals surface area contributed by atoms with Crippen LogP contribution in [0.2, 0.25) is 0 Å². The van der Waals surface area contributed by atoms with Crippen LogP contribution < -0.4 is 4.72 Å². The Balaban J connectivity index is 3.76. The molecule has 0 aromatic rings. The van der Waals surface area contributed by atoms with Crippen molar-refractivity contribution in [3.8, 4) is 0 Å². The maximum Gasteiger partial charge on any atom is 0.211 e. The van der Waals surface area contributed by atoms with Crippen molar-refractivity contribution in [2.45, 2.75) is 26.3 Å². The lowest BCUT2D eigenvalue weighted by molar-refractivity contribution is 0.558. The highest BCUT2D eigenvalue weighted by Crippen LogP contribution is 2.01. The summed E-state index contributed by atoms with van der Waals surface area (Å²) in [7, 11) is -3.01. The molecule has 0 saturated heterocycles. The molecule has 0 aliphatic heterocycles. The minimum absolute atomic E-state index is 0.0578. The highest BCUT2D eigenvalue weighted by atomic mass is 32.2. The third kappa shape index (κ3) is 5.85. The van der Waals surface area contributed by atoms with Gasteiger partial charge in [0.05, 0.1) is 5.75 Å². The third-order valence-corrected chi connectivity index (χ3v) is 3.68. The van der Waals surface area contributed by atoms with Crippen molar-refractivity contribution in [3.05, 3.63) is 0 Å². The van der Waals surface area contributed by atoms with Crippen molar-refractivity contribution in [2.75, 3.05) is 17.8 Å². The zero-order valence-electron chi connectivity index (χ0n) is 7.83. The van der Waals surface area contributed by atoms with Crippen molar-refractivity contribution in [3.63, 3.8) is 0 Å². The van der Waals surface area contributed by atoms with Crippen LogP contribution in [0.3, 0.4) is 0 Å². The molecule has 0 heterocycles. The molecule has 0 aliphatic carbocycles. The van der Waals surface area contributed by atoms with E-state index in [2.05, 4.69) is 4.72 Å². The lowest BCUT2D eigenvalue weighted by atomic mass is 10.3. The Labute approximate surface area is 79.4 Å². The van der Waals surface area contributed by atoms with E-state index in [-0.39, 0.29) is 11.8 Å². The fourth-order valence-electron chi connectivity index (χ4n) is 0.743. The summed E-state index contributed by atoms with van der Waals surface area (Å²) in [6.45, 7) is 3.53. The molecule has 0 bridgehead atoms. The molecule has 0 aromatic heterocycles. The number of rotatable bonds is 6. The molecule has 0 fully saturated rings. The van der Waals surface area contributed by atoms with Crippen LogP contribution in [0.25, 0.3) is 0 Å². The van der Waals surface area contributed by atoms with E-state index in [0.29, 0.717) is 0 Å². The quantitative estimate of drug-likeness (QED) is 0.715. The third-order valence-electron chi connectivity index (χ3n) is 1.52. The van der Waals surface area contributed by atoms with Gasteiger partial charge >= 0.3 is 0 Å². The minimum atomic E-state index is -3.01. The molecule has 0 spiro atoms. The van der Waals surface area contributed by atoms with Crippen molar-refractivity contribution in [1.82, 2.24) is 4.72 Å². The second-order valence-electron chi connectivity index (χ2n) is 2.70. The van der Waals surface area contributed by atoms with Gasteiger partial charge in [-0.15, -0.1) is 0 Å². The van der Waals surface area contributed by atoms with Gasteiger partial charge in [-0.1, -0.05) is 0 Å². The lowest BCUT2D eigenvalue weighted by Gasteiger charge is -2.11. The smallest absolute Gasteiger partial charge is 0.211 e. The van der Waals surface area contributed by atoms with Gasteiger partial charge in [-0.05, 0) is 32.3 Å². The number of hydrogen-bond donors (Lipinski definition) is 1. The first kappa shape index (κ1) is 12.3. The Morgan fingerprint density at radius 1 is 1.50 bits per heavy atom. The molecule has 1 atom stereocenters. The Bertz CT molecular complexity index is 201. The highest BCUT2D eigenvalue weighted by Gasteiger charge is 2.10. The maximum atomic E-state index is 11.1. The van der Waals surface area contributed by atoms with E-state index < -0.39 is 10.0 Å². The van der Waals surface area contributed by atoms with E-state index in [1.807, 2.05) is 13.2 Å². The van der Waals surface area contributed by atoms with Gasteiger partial charge < -0.3 is 0 Å². The van der Waals surface area contributed by atoms with Crippen molar-refractivity contribution in [1.29, 1.82) is 0 Å². The van der Waals surface area contributed by atoms with Crippen LogP contribution in [0, 0.1) is 0 Å². The predicted octanol–water partition coefficient (Wildman–Crippen LogP) is 1.07. The maximum absolute atomic E-state index is 11.1. The topological polar surface area (TPSA) is 46.2 Å². The van der Waals surface area contributed by atoms with Crippen molar-refractivity contribution in [2.24, 2.45) is 0 Å². The van der Waals surface area contributed by atoms with Crippen LogP contribution in [0.4, 0.5) is 0 Å². The Morgan fingerprint density at radius 2 is 2.08 bits per heavy atom. The van der Waals surface area contributed by atoms with E-state index in [1.165, 1.54) is 0 Å². The van der Waals surface area contributed by atoms with Gasteiger partial charge in [-0.3, -0.25) is 0 Å². The molecule has 1 unspecified atom stereocenters. The number of sulfonamides is 1. The predicted molar refractivity (Wildman–Crippen MR) is 55.1 cm³/mol. The van der Waals surface area contributed by atoms with Crippen LogP contribution in [-0.4, -0.2) is 32.2 Å². The summed E-state index contributed by atoms with van der Waals surface area (Å²) in [5.74, 6) is 1.16. The van der Waals surface area contributed by atoms with Crippen molar-refractivity contribution >= 4 is 21.8 Å². The molecule has 0 saturated carbocycles. The molecule has 12 heavy (non-hydrogen) atoms.